The maximum atomic E-state index is 12.6. The molecule has 1 atom stereocenters. The zero-order valence-corrected chi connectivity index (χ0v) is 17.5. The summed E-state index contributed by atoms with van der Waals surface area (Å²) in [5.41, 5.74) is 3.04. The van der Waals surface area contributed by atoms with Gasteiger partial charge in [0.05, 0.1) is 11.3 Å². The fourth-order valence-electron chi connectivity index (χ4n) is 3.05. The molecule has 3 aromatic rings. The van der Waals surface area contributed by atoms with Gasteiger partial charge in [0.1, 0.15) is 6.04 Å². The number of amides is 2. The zero-order chi connectivity index (χ0) is 21.3. The monoisotopic (exact) mass is 422 g/mol. The third kappa shape index (κ3) is 6.17. The summed E-state index contributed by atoms with van der Waals surface area (Å²) >= 11 is 5.92. The van der Waals surface area contributed by atoms with Crippen LogP contribution in [0.4, 0.5) is 5.69 Å². The van der Waals surface area contributed by atoms with Crippen LogP contribution in [0, 0.1) is 0 Å². The fourth-order valence-corrected chi connectivity index (χ4v) is 3.18. The Kier molecular flexibility index (Phi) is 7.60. The number of anilines is 1. The van der Waals surface area contributed by atoms with Gasteiger partial charge in [-0.05, 0) is 36.8 Å². The van der Waals surface area contributed by atoms with Crippen molar-refractivity contribution in [2.75, 3.05) is 11.9 Å². The quantitative estimate of drug-likeness (QED) is 0.519. The molecule has 0 unspecified atom stereocenters. The molecule has 0 radical (unpaired) electrons. The van der Waals surface area contributed by atoms with Gasteiger partial charge in [-0.1, -0.05) is 66.2 Å². The zero-order valence-electron chi connectivity index (χ0n) is 16.8. The minimum Gasteiger partial charge on any atom is -0.348 e. The number of hydrogen-bond acceptors (Lipinski definition) is 2. The molecular weight excluding hydrogens is 398 g/mol. The van der Waals surface area contributed by atoms with E-state index in [4.69, 9.17) is 11.6 Å². The van der Waals surface area contributed by atoms with Crippen molar-refractivity contribution in [2.24, 2.45) is 0 Å². The first kappa shape index (κ1) is 21.6. The van der Waals surface area contributed by atoms with E-state index in [0.717, 1.165) is 11.1 Å². The summed E-state index contributed by atoms with van der Waals surface area (Å²) in [7, 11) is 0. The topological polar surface area (TPSA) is 74.8 Å². The van der Waals surface area contributed by atoms with Gasteiger partial charge in [-0.2, -0.15) is 0 Å². The third-order valence-electron chi connectivity index (χ3n) is 4.79. The Hall–Kier alpha value is -3.15. The van der Waals surface area contributed by atoms with Crippen molar-refractivity contribution in [3.05, 3.63) is 101 Å². The van der Waals surface area contributed by atoms with Gasteiger partial charge in [0.25, 0.3) is 11.8 Å². The van der Waals surface area contributed by atoms with E-state index in [1.54, 1.807) is 24.3 Å². The lowest BCUT2D eigenvalue weighted by atomic mass is 10.1. The van der Waals surface area contributed by atoms with Gasteiger partial charge in [-0.3, -0.25) is 9.59 Å². The van der Waals surface area contributed by atoms with E-state index in [0.29, 0.717) is 22.8 Å². The molecule has 0 saturated heterocycles. The first-order valence-corrected chi connectivity index (χ1v) is 10.2. The first-order valence-electron chi connectivity index (χ1n) is 9.82. The predicted octanol–water partition coefficient (Wildman–Crippen LogP) is 3.53. The van der Waals surface area contributed by atoms with Gasteiger partial charge in [0.15, 0.2) is 6.54 Å². The van der Waals surface area contributed by atoms with Crippen LogP contribution >= 0.6 is 11.6 Å². The SMILES string of the molecule is C[C@H]([NH2+]CC(=O)Nc1ccccc1C(=O)NCc1ccccc1)c1ccc(Cl)cc1. The Morgan fingerprint density at radius 2 is 1.60 bits per heavy atom. The van der Waals surface area contributed by atoms with Gasteiger partial charge in [-0.15, -0.1) is 0 Å². The summed E-state index contributed by atoms with van der Waals surface area (Å²) in [6.45, 7) is 2.69. The number of benzene rings is 3. The van der Waals surface area contributed by atoms with Gasteiger partial charge in [-0.25, -0.2) is 0 Å². The van der Waals surface area contributed by atoms with Crippen molar-refractivity contribution in [2.45, 2.75) is 19.5 Å². The number of carbonyl (C=O) groups excluding carboxylic acids is 2. The number of carbonyl (C=O) groups is 2. The summed E-state index contributed by atoms with van der Waals surface area (Å²) in [4.78, 5) is 25.1. The largest absolute Gasteiger partial charge is 0.348 e. The molecule has 6 heteroatoms. The summed E-state index contributed by atoms with van der Waals surface area (Å²) < 4.78 is 0. The average Bonchev–Trinajstić information content (AvgIpc) is 2.77. The number of quaternary nitrogens is 1. The Bertz CT molecular complexity index is 991. The summed E-state index contributed by atoms with van der Waals surface area (Å²) in [5.74, 6) is -0.396. The van der Waals surface area contributed by atoms with Crippen molar-refractivity contribution >= 4 is 29.1 Å². The van der Waals surface area contributed by atoms with Gasteiger partial charge >= 0.3 is 0 Å². The highest BCUT2D eigenvalue weighted by Gasteiger charge is 2.15. The molecule has 0 saturated carbocycles. The average molecular weight is 423 g/mol. The third-order valence-corrected chi connectivity index (χ3v) is 5.05. The molecule has 0 aromatic heterocycles. The van der Waals surface area contributed by atoms with Crippen LogP contribution in [-0.2, 0) is 11.3 Å². The molecule has 0 aliphatic carbocycles. The van der Waals surface area contributed by atoms with Crippen LogP contribution in [-0.4, -0.2) is 18.4 Å². The molecule has 4 N–H and O–H groups in total. The summed E-state index contributed by atoms with van der Waals surface area (Å²) in [6, 6.07) is 24.4. The molecule has 0 aliphatic heterocycles. The Balaban J connectivity index is 1.56. The molecule has 3 aromatic carbocycles. The van der Waals surface area contributed by atoms with E-state index < -0.39 is 0 Å². The molecule has 0 fully saturated rings. The smallest absolute Gasteiger partial charge is 0.279 e. The van der Waals surface area contributed by atoms with Crippen LogP contribution in [0.2, 0.25) is 5.02 Å². The minimum absolute atomic E-state index is 0.109. The molecule has 30 heavy (non-hydrogen) atoms. The standard InChI is InChI=1S/C24H24ClN3O2/c1-17(19-11-13-20(25)14-12-19)26-16-23(29)28-22-10-6-5-9-21(22)24(30)27-15-18-7-3-2-4-8-18/h2-14,17,26H,15-16H2,1H3,(H,27,30)(H,28,29)/p+1/t17-/m0/s1. The van der Waals surface area contributed by atoms with Crippen LogP contribution < -0.4 is 16.0 Å². The van der Waals surface area contributed by atoms with Crippen molar-refractivity contribution in [3.63, 3.8) is 0 Å². The fraction of sp³-hybridized carbons (Fsp3) is 0.167. The first-order chi connectivity index (χ1) is 14.5. The maximum Gasteiger partial charge on any atom is 0.279 e. The molecule has 5 nitrogen and oxygen atoms in total. The number of para-hydroxylation sites is 1. The highest BCUT2D eigenvalue weighted by Crippen LogP contribution is 2.16. The van der Waals surface area contributed by atoms with Gasteiger partial charge < -0.3 is 16.0 Å². The van der Waals surface area contributed by atoms with E-state index >= 15 is 0 Å². The van der Waals surface area contributed by atoms with E-state index in [-0.39, 0.29) is 24.4 Å². The highest BCUT2D eigenvalue weighted by molar-refractivity contribution is 6.30. The van der Waals surface area contributed by atoms with E-state index in [1.807, 2.05) is 66.8 Å². The number of nitrogens with two attached hydrogens (primary N) is 1. The molecule has 0 aliphatic rings. The van der Waals surface area contributed by atoms with Crippen LogP contribution in [0.1, 0.15) is 34.5 Å². The molecule has 154 valence electrons. The summed E-state index contributed by atoms with van der Waals surface area (Å²) in [5, 5.41) is 8.38. The summed E-state index contributed by atoms with van der Waals surface area (Å²) in [6.07, 6.45) is 0. The lowest BCUT2D eigenvalue weighted by Gasteiger charge is -2.13. The molecule has 0 spiro atoms. The Morgan fingerprint density at radius 3 is 2.33 bits per heavy atom. The molecule has 0 bridgehead atoms. The van der Waals surface area contributed by atoms with E-state index in [9.17, 15) is 9.59 Å². The lowest BCUT2D eigenvalue weighted by molar-refractivity contribution is -0.682. The second kappa shape index (κ2) is 10.6. The molecular formula is C24H25ClN3O2+. The predicted molar refractivity (Wildman–Crippen MR) is 119 cm³/mol. The Labute approximate surface area is 181 Å². The number of nitrogens with one attached hydrogen (secondary N) is 2. The van der Waals surface area contributed by atoms with Crippen LogP contribution in [0.5, 0.6) is 0 Å². The van der Waals surface area contributed by atoms with E-state index in [1.165, 1.54) is 0 Å². The normalized spacial score (nSPS) is 11.5. The lowest BCUT2D eigenvalue weighted by Crippen LogP contribution is -2.86. The Morgan fingerprint density at radius 1 is 0.933 bits per heavy atom. The van der Waals surface area contributed by atoms with Gasteiger partial charge in [0.2, 0.25) is 0 Å². The van der Waals surface area contributed by atoms with Crippen LogP contribution in [0.15, 0.2) is 78.9 Å². The molecule has 2 amide bonds. The second-order valence-electron chi connectivity index (χ2n) is 7.04. The molecule has 3 rings (SSSR count). The number of hydrogen-bond donors (Lipinski definition) is 3. The van der Waals surface area contributed by atoms with Crippen molar-refractivity contribution < 1.29 is 14.9 Å². The van der Waals surface area contributed by atoms with Gasteiger partial charge in [0, 0.05) is 17.1 Å². The van der Waals surface area contributed by atoms with Crippen molar-refractivity contribution in [1.82, 2.24) is 5.32 Å². The number of rotatable bonds is 8. The van der Waals surface area contributed by atoms with Crippen LogP contribution in [0.3, 0.4) is 0 Å². The highest BCUT2D eigenvalue weighted by atomic mass is 35.5. The van der Waals surface area contributed by atoms with Crippen molar-refractivity contribution in [1.29, 1.82) is 0 Å². The van der Waals surface area contributed by atoms with Crippen molar-refractivity contribution in [3.8, 4) is 0 Å². The molecule has 0 heterocycles. The minimum atomic E-state index is -0.228. The van der Waals surface area contributed by atoms with Crippen LogP contribution in [0.25, 0.3) is 0 Å². The maximum absolute atomic E-state index is 12.6. The van der Waals surface area contributed by atoms with E-state index in [2.05, 4.69) is 10.6 Å². The number of halogens is 1. The second-order valence-corrected chi connectivity index (χ2v) is 7.48.